The predicted octanol–water partition coefficient (Wildman–Crippen LogP) is 3.72. The average molecular weight is 313 g/mol. The first-order valence-electron chi connectivity index (χ1n) is 6.40. The summed E-state index contributed by atoms with van der Waals surface area (Å²) >= 11 is 12.3. The van der Waals surface area contributed by atoms with E-state index in [4.69, 9.17) is 23.2 Å². The van der Waals surface area contributed by atoms with Gasteiger partial charge in [0.15, 0.2) is 5.82 Å². The molecule has 2 aliphatic heterocycles. The van der Waals surface area contributed by atoms with Crippen LogP contribution in [0, 0.1) is 0 Å². The standard InChI is InChI=1S/C13H11Cl2FN4/c14-9-3-4-10(15)12-8(9)6-20(17-12)13-11-2-1-5-18(11)7-19(13)16/h3-4,6H,1-2,5,7H2. The fraction of sp³-hybridized carbons (Fsp3) is 0.308. The third-order valence-electron chi connectivity index (χ3n) is 3.80. The summed E-state index contributed by atoms with van der Waals surface area (Å²) in [6, 6.07) is 3.42. The highest BCUT2D eigenvalue weighted by molar-refractivity contribution is 6.39. The molecule has 1 fully saturated rings. The third kappa shape index (κ3) is 1.63. The van der Waals surface area contributed by atoms with Crippen molar-refractivity contribution in [1.82, 2.24) is 19.8 Å². The van der Waals surface area contributed by atoms with Crippen LogP contribution in [-0.4, -0.2) is 33.0 Å². The Hall–Kier alpha value is -1.46. The number of nitrogens with zero attached hydrogens (tertiary/aromatic N) is 4. The van der Waals surface area contributed by atoms with Gasteiger partial charge in [0.1, 0.15) is 12.2 Å². The Kier molecular flexibility index (Phi) is 2.62. The van der Waals surface area contributed by atoms with E-state index >= 15 is 0 Å². The van der Waals surface area contributed by atoms with E-state index in [9.17, 15) is 4.48 Å². The van der Waals surface area contributed by atoms with Crippen LogP contribution in [0.2, 0.25) is 10.0 Å². The van der Waals surface area contributed by atoms with Crippen LogP contribution in [-0.2, 0) is 0 Å². The van der Waals surface area contributed by atoms with Gasteiger partial charge in [0.25, 0.3) is 0 Å². The van der Waals surface area contributed by atoms with Gasteiger partial charge in [-0.3, -0.25) is 0 Å². The minimum atomic E-state index is 0.266. The largest absolute Gasteiger partial charge is 0.352 e. The van der Waals surface area contributed by atoms with Gasteiger partial charge in [-0.05, 0) is 25.0 Å². The van der Waals surface area contributed by atoms with Gasteiger partial charge in [0, 0.05) is 18.1 Å². The van der Waals surface area contributed by atoms with Crippen LogP contribution in [0.3, 0.4) is 0 Å². The lowest BCUT2D eigenvalue weighted by Gasteiger charge is -2.12. The zero-order valence-electron chi connectivity index (χ0n) is 10.5. The summed E-state index contributed by atoms with van der Waals surface area (Å²) in [6.07, 6.45) is 3.66. The predicted molar refractivity (Wildman–Crippen MR) is 76.7 cm³/mol. The van der Waals surface area contributed by atoms with Gasteiger partial charge < -0.3 is 4.90 Å². The van der Waals surface area contributed by atoms with E-state index in [1.165, 1.54) is 0 Å². The van der Waals surface area contributed by atoms with Gasteiger partial charge in [-0.25, -0.2) is 4.68 Å². The molecule has 3 heterocycles. The molecule has 1 saturated heterocycles. The molecule has 0 radical (unpaired) electrons. The van der Waals surface area contributed by atoms with E-state index in [2.05, 4.69) is 5.10 Å². The van der Waals surface area contributed by atoms with Gasteiger partial charge in [-0.1, -0.05) is 27.7 Å². The summed E-state index contributed by atoms with van der Waals surface area (Å²) in [5, 5.41) is 6.94. The number of allylic oxidation sites excluding steroid dienone is 1. The van der Waals surface area contributed by atoms with Crippen LogP contribution in [0.4, 0.5) is 4.48 Å². The monoisotopic (exact) mass is 312 g/mol. The molecule has 0 aliphatic carbocycles. The summed E-state index contributed by atoms with van der Waals surface area (Å²) in [6.45, 7) is 1.16. The molecule has 20 heavy (non-hydrogen) atoms. The minimum absolute atomic E-state index is 0.266. The maximum Gasteiger partial charge on any atom is 0.180 e. The number of hydrogen-bond acceptors (Lipinski definition) is 3. The van der Waals surface area contributed by atoms with Crippen molar-refractivity contribution >= 4 is 39.9 Å². The average Bonchev–Trinajstić information content (AvgIpc) is 3.07. The fourth-order valence-electron chi connectivity index (χ4n) is 2.89. The molecule has 2 aromatic rings. The van der Waals surface area contributed by atoms with Crippen LogP contribution in [0.25, 0.3) is 16.7 Å². The molecule has 1 aromatic heterocycles. The molecule has 104 valence electrons. The molecule has 2 aliphatic rings. The molecule has 0 atom stereocenters. The SMILES string of the molecule is FN1CN2CCCC2=C1n1cc2c(Cl)ccc(Cl)c2n1. The van der Waals surface area contributed by atoms with Crippen molar-refractivity contribution in [1.29, 1.82) is 0 Å². The quantitative estimate of drug-likeness (QED) is 0.750. The van der Waals surface area contributed by atoms with Crippen LogP contribution in [0.15, 0.2) is 24.0 Å². The number of aromatic nitrogens is 2. The molecular formula is C13H11Cl2FN4. The summed E-state index contributed by atoms with van der Waals surface area (Å²) in [7, 11) is 0. The first-order valence-corrected chi connectivity index (χ1v) is 7.16. The van der Waals surface area contributed by atoms with Gasteiger partial charge in [0.2, 0.25) is 0 Å². The topological polar surface area (TPSA) is 24.3 Å². The molecule has 0 unspecified atom stereocenters. The van der Waals surface area contributed by atoms with Crippen LogP contribution >= 0.6 is 23.2 Å². The Morgan fingerprint density at radius 2 is 2.00 bits per heavy atom. The maximum absolute atomic E-state index is 14.1. The highest BCUT2D eigenvalue weighted by Crippen LogP contribution is 2.37. The van der Waals surface area contributed by atoms with Crippen molar-refractivity contribution in [2.45, 2.75) is 12.8 Å². The van der Waals surface area contributed by atoms with Crippen LogP contribution in [0.5, 0.6) is 0 Å². The van der Waals surface area contributed by atoms with Crippen molar-refractivity contribution in [3.8, 4) is 0 Å². The molecule has 0 saturated carbocycles. The number of halogens is 3. The number of hydrogen-bond donors (Lipinski definition) is 0. The molecule has 1 aromatic carbocycles. The van der Waals surface area contributed by atoms with Crippen molar-refractivity contribution < 1.29 is 4.48 Å². The Bertz CT molecular complexity index is 700. The normalized spacial score (nSPS) is 18.6. The second kappa shape index (κ2) is 4.27. The second-order valence-electron chi connectivity index (χ2n) is 5.01. The van der Waals surface area contributed by atoms with E-state index in [1.54, 1.807) is 23.0 Å². The van der Waals surface area contributed by atoms with Crippen molar-refractivity contribution in [2.24, 2.45) is 0 Å². The lowest BCUT2D eigenvalue weighted by atomic mass is 10.2. The van der Waals surface area contributed by atoms with Gasteiger partial charge in [-0.15, -0.1) is 0 Å². The molecule has 0 amide bonds. The maximum atomic E-state index is 14.1. The molecule has 0 bridgehead atoms. The number of rotatable bonds is 1. The van der Waals surface area contributed by atoms with Crippen LogP contribution in [0.1, 0.15) is 12.8 Å². The fourth-order valence-corrected chi connectivity index (χ4v) is 3.29. The molecule has 7 heteroatoms. The Balaban J connectivity index is 1.93. The zero-order valence-corrected chi connectivity index (χ0v) is 12.0. The third-order valence-corrected chi connectivity index (χ3v) is 4.43. The summed E-state index contributed by atoms with van der Waals surface area (Å²) in [4.78, 5) is 2.03. The van der Waals surface area contributed by atoms with Crippen molar-refractivity contribution in [2.75, 3.05) is 13.2 Å². The van der Waals surface area contributed by atoms with E-state index in [0.717, 1.165) is 35.6 Å². The summed E-state index contributed by atoms with van der Waals surface area (Å²) < 4.78 is 15.7. The molecule has 0 spiro atoms. The highest BCUT2D eigenvalue weighted by Gasteiger charge is 2.34. The smallest absolute Gasteiger partial charge is 0.180 e. The van der Waals surface area contributed by atoms with Gasteiger partial charge >= 0.3 is 0 Å². The van der Waals surface area contributed by atoms with E-state index < -0.39 is 0 Å². The number of benzene rings is 1. The van der Waals surface area contributed by atoms with Gasteiger partial charge in [0.05, 0.1) is 15.7 Å². The van der Waals surface area contributed by atoms with E-state index in [1.807, 2.05) is 4.90 Å². The number of fused-ring (bicyclic) bond motifs is 2. The lowest BCUT2D eigenvalue weighted by Crippen LogP contribution is -2.21. The van der Waals surface area contributed by atoms with Crippen molar-refractivity contribution in [3.05, 3.63) is 34.1 Å². The summed E-state index contributed by atoms with van der Waals surface area (Å²) in [5.41, 5.74) is 1.59. The first kappa shape index (κ1) is 12.3. The molecular weight excluding hydrogens is 302 g/mol. The zero-order chi connectivity index (χ0) is 13.9. The highest BCUT2D eigenvalue weighted by atomic mass is 35.5. The second-order valence-corrected chi connectivity index (χ2v) is 5.82. The van der Waals surface area contributed by atoms with E-state index in [-0.39, 0.29) is 6.67 Å². The first-order chi connectivity index (χ1) is 9.65. The Morgan fingerprint density at radius 1 is 1.20 bits per heavy atom. The summed E-state index contributed by atoms with van der Waals surface area (Å²) in [5.74, 6) is 0.478. The van der Waals surface area contributed by atoms with E-state index in [0.29, 0.717) is 21.4 Å². The molecule has 0 N–H and O–H groups in total. The van der Waals surface area contributed by atoms with Gasteiger partial charge in [-0.2, -0.15) is 10.2 Å². The van der Waals surface area contributed by atoms with Crippen molar-refractivity contribution in [3.63, 3.8) is 0 Å². The molecule has 4 rings (SSSR count). The minimum Gasteiger partial charge on any atom is -0.352 e. The Labute approximate surface area is 124 Å². The van der Waals surface area contributed by atoms with Crippen LogP contribution < -0.4 is 0 Å². The Morgan fingerprint density at radius 3 is 2.80 bits per heavy atom. The lowest BCUT2D eigenvalue weighted by molar-refractivity contribution is 0.0683. The molecule has 4 nitrogen and oxygen atoms in total.